The van der Waals surface area contributed by atoms with Gasteiger partial charge in [0.2, 0.25) is 0 Å². The molecule has 0 saturated carbocycles. The highest BCUT2D eigenvalue weighted by molar-refractivity contribution is 5.50. The lowest BCUT2D eigenvalue weighted by Gasteiger charge is -2.33. The van der Waals surface area contributed by atoms with E-state index >= 15 is 0 Å². The van der Waals surface area contributed by atoms with Crippen LogP contribution in [0.5, 0.6) is 0 Å². The number of halogens is 1. The normalized spacial score (nSPS) is 18.0. The lowest BCUT2D eigenvalue weighted by molar-refractivity contribution is 0.0818. The fourth-order valence-corrected chi connectivity index (χ4v) is 2.86. The van der Waals surface area contributed by atoms with E-state index in [1.165, 1.54) is 0 Å². The standard InChI is InChI=1S/C17H27FN2O/c1-4-9-19-13(2)14-5-6-17(16(18)12-14)20-10-7-15(21-3)8-11-20/h5-6,12-13,15,19H,4,7-11H2,1-3H3. The van der Waals surface area contributed by atoms with E-state index in [1.807, 2.05) is 12.1 Å². The Balaban J connectivity index is 2.02. The van der Waals surface area contributed by atoms with Gasteiger partial charge in [-0.2, -0.15) is 0 Å². The summed E-state index contributed by atoms with van der Waals surface area (Å²) in [5, 5.41) is 3.39. The van der Waals surface area contributed by atoms with Crippen molar-refractivity contribution < 1.29 is 9.13 Å². The minimum atomic E-state index is -0.117. The summed E-state index contributed by atoms with van der Waals surface area (Å²) in [4.78, 5) is 2.12. The number of hydrogen-bond donors (Lipinski definition) is 1. The third-order valence-corrected chi connectivity index (χ3v) is 4.29. The molecule has 1 aromatic rings. The van der Waals surface area contributed by atoms with E-state index in [-0.39, 0.29) is 11.9 Å². The summed E-state index contributed by atoms with van der Waals surface area (Å²) in [5.74, 6) is -0.117. The molecule has 2 rings (SSSR count). The number of nitrogens with one attached hydrogen (secondary N) is 1. The molecule has 4 heteroatoms. The zero-order valence-electron chi connectivity index (χ0n) is 13.4. The zero-order chi connectivity index (χ0) is 15.2. The maximum atomic E-state index is 14.4. The lowest BCUT2D eigenvalue weighted by Crippen LogP contribution is -2.37. The van der Waals surface area contributed by atoms with E-state index < -0.39 is 0 Å². The Bertz CT molecular complexity index is 444. The Hall–Kier alpha value is -1.13. The van der Waals surface area contributed by atoms with E-state index in [2.05, 4.69) is 24.1 Å². The van der Waals surface area contributed by atoms with Crippen molar-refractivity contribution in [1.29, 1.82) is 0 Å². The molecule has 0 radical (unpaired) electrons. The zero-order valence-corrected chi connectivity index (χ0v) is 13.4. The van der Waals surface area contributed by atoms with Crippen LogP contribution in [-0.4, -0.2) is 32.8 Å². The second kappa shape index (κ2) is 7.76. The van der Waals surface area contributed by atoms with Crippen molar-refractivity contribution in [3.8, 4) is 0 Å². The molecule has 1 heterocycles. The average Bonchev–Trinajstić information content (AvgIpc) is 2.52. The molecule has 1 saturated heterocycles. The predicted octanol–water partition coefficient (Wildman–Crippen LogP) is 3.50. The highest BCUT2D eigenvalue weighted by Gasteiger charge is 2.21. The van der Waals surface area contributed by atoms with Crippen LogP contribution in [-0.2, 0) is 4.74 Å². The first kappa shape index (κ1) is 16.2. The van der Waals surface area contributed by atoms with Crippen LogP contribution in [0.2, 0.25) is 0 Å². The van der Waals surface area contributed by atoms with Gasteiger partial charge in [0, 0.05) is 26.2 Å². The molecule has 1 fully saturated rings. The van der Waals surface area contributed by atoms with Crippen molar-refractivity contribution in [1.82, 2.24) is 5.32 Å². The summed E-state index contributed by atoms with van der Waals surface area (Å²) in [5.41, 5.74) is 1.73. The summed E-state index contributed by atoms with van der Waals surface area (Å²) < 4.78 is 19.8. The van der Waals surface area contributed by atoms with Gasteiger partial charge in [-0.15, -0.1) is 0 Å². The average molecular weight is 294 g/mol. The SMILES string of the molecule is CCCNC(C)c1ccc(N2CCC(OC)CC2)c(F)c1. The third kappa shape index (κ3) is 4.17. The van der Waals surface area contributed by atoms with Crippen molar-refractivity contribution in [2.45, 2.75) is 45.3 Å². The molecule has 0 aromatic heterocycles. The number of methoxy groups -OCH3 is 1. The predicted molar refractivity (Wildman–Crippen MR) is 85.4 cm³/mol. The minimum absolute atomic E-state index is 0.117. The monoisotopic (exact) mass is 294 g/mol. The molecule has 1 aromatic carbocycles. The Morgan fingerprint density at radius 1 is 1.38 bits per heavy atom. The van der Waals surface area contributed by atoms with Gasteiger partial charge >= 0.3 is 0 Å². The van der Waals surface area contributed by atoms with Gasteiger partial charge in [-0.1, -0.05) is 13.0 Å². The summed E-state index contributed by atoms with van der Waals surface area (Å²) in [6.45, 7) is 6.88. The largest absolute Gasteiger partial charge is 0.381 e. The molecule has 0 spiro atoms. The fourth-order valence-electron chi connectivity index (χ4n) is 2.86. The van der Waals surface area contributed by atoms with Crippen molar-refractivity contribution >= 4 is 5.69 Å². The van der Waals surface area contributed by atoms with Gasteiger partial charge in [-0.3, -0.25) is 0 Å². The highest BCUT2D eigenvalue weighted by Crippen LogP contribution is 2.26. The summed E-state index contributed by atoms with van der Waals surface area (Å²) >= 11 is 0. The molecule has 0 aliphatic carbocycles. The second-order valence-electron chi connectivity index (χ2n) is 5.81. The third-order valence-electron chi connectivity index (χ3n) is 4.29. The molecular weight excluding hydrogens is 267 g/mol. The van der Waals surface area contributed by atoms with Crippen LogP contribution in [0.25, 0.3) is 0 Å². The molecule has 0 amide bonds. The molecular formula is C17H27FN2O. The summed E-state index contributed by atoms with van der Waals surface area (Å²) in [6, 6.07) is 5.81. The van der Waals surface area contributed by atoms with Crippen LogP contribution in [0.3, 0.4) is 0 Å². The minimum Gasteiger partial charge on any atom is -0.381 e. The summed E-state index contributed by atoms with van der Waals surface area (Å²) in [7, 11) is 1.75. The molecule has 118 valence electrons. The van der Waals surface area contributed by atoms with Crippen LogP contribution in [0.4, 0.5) is 10.1 Å². The summed E-state index contributed by atoms with van der Waals surface area (Å²) in [6.07, 6.45) is 3.33. The first-order valence-corrected chi connectivity index (χ1v) is 7.96. The first-order chi connectivity index (χ1) is 10.2. The Labute approximate surface area is 127 Å². The van der Waals surface area contributed by atoms with Gasteiger partial charge in [0.25, 0.3) is 0 Å². The van der Waals surface area contributed by atoms with E-state index in [0.29, 0.717) is 6.10 Å². The molecule has 3 nitrogen and oxygen atoms in total. The maximum Gasteiger partial charge on any atom is 0.146 e. The molecule has 21 heavy (non-hydrogen) atoms. The number of benzene rings is 1. The van der Waals surface area contributed by atoms with Crippen molar-refractivity contribution in [3.05, 3.63) is 29.6 Å². The number of ether oxygens (including phenoxy) is 1. The Morgan fingerprint density at radius 2 is 2.10 bits per heavy atom. The number of piperidine rings is 1. The molecule has 1 N–H and O–H groups in total. The van der Waals surface area contributed by atoms with Crippen LogP contribution in [0.1, 0.15) is 44.7 Å². The maximum absolute atomic E-state index is 14.4. The van der Waals surface area contributed by atoms with E-state index in [0.717, 1.165) is 50.1 Å². The fraction of sp³-hybridized carbons (Fsp3) is 0.647. The van der Waals surface area contributed by atoms with Crippen LogP contribution in [0.15, 0.2) is 18.2 Å². The van der Waals surface area contributed by atoms with Crippen molar-refractivity contribution in [3.63, 3.8) is 0 Å². The van der Waals surface area contributed by atoms with Gasteiger partial charge in [0.1, 0.15) is 5.82 Å². The van der Waals surface area contributed by atoms with Gasteiger partial charge in [0.15, 0.2) is 0 Å². The second-order valence-corrected chi connectivity index (χ2v) is 5.81. The van der Waals surface area contributed by atoms with Gasteiger partial charge in [-0.25, -0.2) is 4.39 Å². The molecule has 1 atom stereocenters. The number of nitrogens with zero attached hydrogens (tertiary/aromatic N) is 1. The van der Waals surface area contributed by atoms with Crippen LogP contribution < -0.4 is 10.2 Å². The van der Waals surface area contributed by atoms with E-state index in [1.54, 1.807) is 13.2 Å². The number of anilines is 1. The molecule has 1 unspecified atom stereocenters. The number of hydrogen-bond acceptors (Lipinski definition) is 3. The van der Waals surface area contributed by atoms with Gasteiger partial charge < -0.3 is 15.0 Å². The first-order valence-electron chi connectivity index (χ1n) is 7.96. The van der Waals surface area contributed by atoms with Crippen LogP contribution >= 0.6 is 0 Å². The molecule has 0 bridgehead atoms. The quantitative estimate of drug-likeness (QED) is 0.869. The van der Waals surface area contributed by atoms with Crippen LogP contribution in [0, 0.1) is 5.82 Å². The molecule has 1 aliphatic heterocycles. The van der Waals surface area contributed by atoms with Gasteiger partial charge in [-0.05, 0) is 50.4 Å². The van der Waals surface area contributed by atoms with Crippen molar-refractivity contribution in [2.75, 3.05) is 31.6 Å². The Morgan fingerprint density at radius 3 is 2.67 bits per heavy atom. The Kier molecular flexibility index (Phi) is 6.00. The number of rotatable bonds is 6. The van der Waals surface area contributed by atoms with E-state index in [9.17, 15) is 4.39 Å². The van der Waals surface area contributed by atoms with Crippen molar-refractivity contribution in [2.24, 2.45) is 0 Å². The van der Waals surface area contributed by atoms with E-state index in [4.69, 9.17) is 4.74 Å². The molecule has 1 aliphatic rings. The highest BCUT2D eigenvalue weighted by atomic mass is 19.1. The van der Waals surface area contributed by atoms with Gasteiger partial charge in [0.05, 0.1) is 11.8 Å². The topological polar surface area (TPSA) is 24.5 Å². The lowest BCUT2D eigenvalue weighted by atomic mass is 10.0. The smallest absolute Gasteiger partial charge is 0.146 e.